The van der Waals surface area contributed by atoms with Crippen LogP contribution in [-0.4, -0.2) is 19.7 Å². The third kappa shape index (κ3) is 3.58. The molecule has 0 saturated heterocycles. The van der Waals surface area contributed by atoms with Gasteiger partial charge in [-0.25, -0.2) is 9.67 Å². The number of rotatable bonds is 3. The Morgan fingerprint density at radius 1 is 1.18 bits per heavy atom. The molecule has 28 heavy (non-hydrogen) atoms. The van der Waals surface area contributed by atoms with E-state index in [1.165, 1.54) is 0 Å². The third-order valence-electron chi connectivity index (χ3n) is 4.19. The van der Waals surface area contributed by atoms with E-state index in [-0.39, 0.29) is 0 Å². The number of aryl methyl sites for hydroxylation is 1. The first-order valence-corrected chi connectivity index (χ1v) is 9.96. The maximum absolute atomic E-state index is 6.17. The highest BCUT2D eigenvalue weighted by Crippen LogP contribution is 2.33. The summed E-state index contributed by atoms with van der Waals surface area (Å²) in [6, 6.07) is 11.7. The Labute approximate surface area is 176 Å². The molecule has 0 fully saturated rings. The van der Waals surface area contributed by atoms with Crippen molar-refractivity contribution in [2.24, 2.45) is 0 Å². The van der Waals surface area contributed by atoms with Gasteiger partial charge in [-0.05, 0) is 59.8 Å². The highest BCUT2D eigenvalue weighted by atomic mass is 127. The highest BCUT2D eigenvalue weighted by Gasteiger charge is 2.15. The van der Waals surface area contributed by atoms with Gasteiger partial charge in [0, 0.05) is 30.3 Å². The standard InChI is InChI=1S/C22H17IN4O/c1-3-4-7-16-12-18-15(2)26-27(17-8-5-10-24-14-17)20(18)13-21(16)28-22-19(23)9-6-11-25-22/h5-6,8-14H,3H2,1-2H3. The van der Waals surface area contributed by atoms with Gasteiger partial charge in [-0.15, -0.1) is 0 Å². The van der Waals surface area contributed by atoms with E-state index < -0.39 is 0 Å². The smallest absolute Gasteiger partial charge is 0.232 e. The molecule has 0 saturated carbocycles. The van der Waals surface area contributed by atoms with Crippen LogP contribution in [0.15, 0.2) is 55.0 Å². The van der Waals surface area contributed by atoms with Gasteiger partial charge in [0.15, 0.2) is 0 Å². The molecule has 0 aliphatic rings. The van der Waals surface area contributed by atoms with Gasteiger partial charge < -0.3 is 4.74 Å². The lowest BCUT2D eigenvalue weighted by atomic mass is 10.1. The Kier molecular flexibility index (Phi) is 5.26. The zero-order valence-electron chi connectivity index (χ0n) is 15.5. The fraction of sp³-hybridized carbons (Fsp3) is 0.136. The van der Waals surface area contributed by atoms with E-state index in [1.807, 2.05) is 54.9 Å². The first-order chi connectivity index (χ1) is 13.7. The van der Waals surface area contributed by atoms with E-state index in [0.29, 0.717) is 11.6 Å². The quantitative estimate of drug-likeness (QED) is 0.296. The normalized spacial score (nSPS) is 10.5. The van der Waals surface area contributed by atoms with Crippen molar-refractivity contribution in [1.29, 1.82) is 0 Å². The molecular formula is C22H17IN4O. The average molecular weight is 480 g/mol. The van der Waals surface area contributed by atoms with Crippen LogP contribution in [0.4, 0.5) is 0 Å². The van der Waals surface area contributed by atoms with E-state index in [1.54, 1.807) is 18.6 Å². The number of hydrogen-bond donors (Lipinski definition) is 0. The summed E-state index contributed by atoms with van der Waals surface area (Å²) in [7, 11) is 0. The summed E-state index contributed by atoms with van der Waals surface area (Å²) >= 11 is 2.22. The number of aromatic nitrogens is 4. The Bertz CT molecular complexity index is 1210. The number of fused-ring (bicyclic) bond motifs is 1. The summed E-state index contributed by atoms with van der Waals surface area (Å²) in [5.74, 6) is 7.58. The molecule has 0 spiro atoms. The second kappa shape index (κ2) is 7.98. The molecule has 138 valence electrons. The van der Waals surface area contributed by atoms with E-state index in [4.69, 9.17) is 9.84 Å². The predicted octanol–water partition coefficient (Wildman–Crippen LogP) is 5.28. The van der Waals surface area contributed by atoms with Gasteiger partial charge in [0.25, 0.3) is 0 Å². The summed E-state index contributed by atoms with van der Waals surface area (Å²) in [5, 5.41) is 5.74. The van der Waals surface area contributed by atoms with Crippen LogP contribution in [-0.2, 0) is 0 Å². The van der Waals surface area contributed by atoms with Crippen molar-refractivity contribution in [2.75, 3.05) is 0 Å². The second-order valence-electron chi connectivity index (χ2n) is 6.12. The van der Waals surface area contributed by atoms with Crippen LogP contribution in [0, 0.1) is 22.3 Å². The summed E-state index contributed by atoms with van der Waals surface area (Å²) in [6.07, 6.45) is 6.03. The van der Waals surface area contributed by atoms with Gasteiger partial charge in [0.05, 0.1) is 32.2 Å². The molecule has 0 bridgehead atoms. The zero-order valence-corrected chi connectivity index (χ0v) is 17.6. The minimum atomic E-state index is 0.561. The van der Waals surface area contributed by atoms with Crippen LogP contribution in [0.5, 0.6) is 11.6 Å². The van der Waals surface area contributed by atoms with Crippen LogP contribution in [0.25, 0.3) is 16.6 Å². The molecule has 0 aliphatic heterocycles. The maximum atomic E-state index is 6.17. The van der Waals surface area contributed by atoms with Gasteiger partial charge in [0.2, 0.25) is 5.88 Å². The fourth-order valence-corrected chi connectivity index (χ4v) is 3.34. The minimum absolute atomic E-state index is 0.561. The predicted molar refractivity (Wildman–Crippen MR) is 118 cm³/mol. The summed E-state index contributed by atoms with van der Waals surface area (Å²) in [4.78, 5) is 8.56. The molecule has 0 aliphatic carbocycles. The lowest BCUT2D eigenvalue weighted by Gasteiger charge is -2.10. The lowest BCUT2D eigenvalue weighted by molar-refractivity contribution is 0.458. The lowest BCUT2D eigenvalue weighted by Crippen LogP contribution is -1.98. The number of hydrogen-bond acceptors (Lipinski definition) is 4. The average Bonchev–Trinajstić information content (AvgIpc) is 3.04. The van der Waals surface area contributed by atoms with Crippen molar-refractivity contribution >= 4 is 33.5 Å². The van der Waals surface area contributed by atoms with Crippen LogP contribution >= 0.6 is 22.6 Å². The van der Waals surface area contributed by atoms with Crippen LogP contribution in [0.1, 0.15) is 24.6 Å². The largest absolute Gasteiger partial charge is 0.437 e. The van der Waals surface area contributed by atoms with Gasteiger partial charge in [-0.3, -0.25) is 4.98 Å². The molecule has 4 rings (SSSR count). The molecule has 0 atom stereocenters. The zero-order chi connectivity index (χ0) is 19.5. The van der Waals surface area contributed by atoms with Crippen molar-refractivity contribution in [3.63, 3.8) is 0 Å². The number of nitrogens with zero attached hydrogens (tertiary/aromatic N) is 4. The third-order valence-corrected chi connectivity index (χ3v) is 5.01. The van der Waals surface area contributed by atoms with Crippen LogP contribution in [0.3, 0.4) is 0 Å². The van der Waals surface area contributed by atoms with E-state index in [9.17, 15) is 0 Å². The molecule has 0 unspecified atom stereocenters. The molecule has 4 aromatic rings. The van der Waals surface area contributed by atoms with Crippen molar-refractivity contribution in [3.8, 4) is 29.2 Å². The number of ether oxygens (including phenoxy) is 1. The number of pyridine rings is 2. The highest BCUT2D eigenvalue weighted by molar-refractivity contribution is 14.1. The monoisotopic (exact) mass is 480 g/mol. The molecule has 3 aromatic heterocycles. The van der Waals surface area contributed by atoms with E-state index in [0.717, 1.165) is 37.8 Å². The number of benzene rings is 1. The van der Waals surface area contributed by atoms with Gasteiger partial charge in [0.1, 0.15) is 5.75 Å². The van der Waals surface area contributed by atoms with Crippen molar-refractivity contribution < 1.29 is 4.74 Å². The molecule has 1 aromatic carbocycles. The fourth-order valence-electron chi connectivity index (χ4n) is 2.88. The first kappa shape index (κ1) is 18.4. The van der Waals surface area contributed by atoms with Crippen molar-refractivity contribution in [1.82, 2.24) is 19.7 Å². The molecule has 0 amide bonds. The van der Waals surface area contributed by atoms with Gasteiger partial charge in [-0.1, -0.05) is 18.8 Å². The summed E-state index contributed by atoms with van der Waals surface area (Å²) < 4.78 is 8.98. The van der Waals surface area contributed by atoms with Crippen molar-refractivity contribution in [2.45, 2.75) is 20.3 Å². The number of halogens is 1. The van der Waals surface area contributed by atoms with Gasteiger partial charge in [-0.2, -0.15) is 5.10 Å². The van der Waals surface area contributed by atoms with Crippen LogP contribution in [0.2, 0.25) is 0 Å². The first-order valence-electron chi connectivity index (χ1n) is 8.88. The molecule has 5 nitrogen and oxygen atoms in total. The minimum Gasteiger partial charge on any atom is -0.437 e. The topological polar surface area (TPSA) is 52.8 Å². The molecule has 3 heterocycles. The maximum Gasteiger partial charge on any atom is 0.232 e. The SMILES string of the molecule is CCC#Cc1cc2c(C)nn(-c3cccnc3)c2cc1Oc1ncccc1I. The second-order valence-corrected chi connectivity index (χ2v) is 7.28. The summed E-state index contributed by atoms with van der Waals surface area (Å²) in [6.45, 7) is 4.02. The summed E-state index contributed by atoms with van der Waals surface area (Å²) in [5.41, 5.74) is 3.59. The van der Waals surface area contributed by atoms with E-state index >= 15 is 0 Å². The van der Waals surface area contributed by atoms with Crippen molar-refractivity contribution in [3.05, 3.63) is 69.8 Å². The Balaban J connectivity index is 1.92. The molecule has 0 N–H and O–H groups in total. The molecular weight excluding hydrogens is 463 g/mol. The Morgan fingerprint density at radius 3 is 2.79 bits per heavy atom. The van der Waals surface area contributed by atoms with Crippen LogP contribution < -0.4 is 4.74 Å². The van der Waals surface area contributed by atoms with E-state index in [2.05, 4.69) is 44.4 Å². The molecule has 6 heteroatoms. The Morgan fingerprint density at radius 2 is 2.04 bits per heavy atom. The molecule has 0 radical (unpaired) electrons. The van der Waals surface area contributed by atoms with Gasteiger partial charge >= 0.3 is 0 Å². The Hall–Kier alpha value is -2.92.